The van der Waals surface area contributed by atoms with Crippen LogP contribution in [-0.2, 0) is 9.59 Å². The van der Waals surface area contributed by atoms with Gasteiger partial charge in [-0.3, -0.25) is 14.6 Å². The summed E-state index contributed by atoms with van der Waals surface area (Å²) in [7, 11) is 3.39. The number of nitrogens with one attached hydrogen (secondary N) is 1. The number of carbonyl (C=O) groups is 2. The third kappa shape index (κ3) is 7.93. The highest BCUT2D eigenvalue weighted by Crippen LogP contribution is 2.06. The zero-order valence-corrected chi connectivity index (χ0v) is 9.45. The number of aliphatic carboxylic acids is 1. The molecule has 0 aromatic rings. The van der Waals surface area contributed by atoms with Crippen LogP contribution in [0.2, 0.25) is 0 Å². The maximum absolute atomic E-state index is 11.3. The van der Waals surface area contributed by atoms with Crippen molar-refractivity contribution in [3.63, 3.8) is 0 Å². The van der Waals surface area contributed by atoms with Crippen LogP contribution >= 0.6 is 0 Å². The first-order valence-corrected chi connectivity index (χ1v) is 5.23. The number of carboxylic acid groups (broad SMARTS) is 1. The first-order chi connectivity index (χ1) is 7.07. The molecule has 0 unspecified atom stereocenters. The predicted octanol–water partition coefficient (Wildman–Crippen LogP) is 1.00. The Labute approximate surface area is 90.4 Å². The summed E-state index contributed by atoms with van der Waals surface area (Å²) in [5.41, 5.74) is 2.74. The zero-order chi connectivity index (χ0) is 11.7. The van der Waals surface area contributed by atoms with Crippen molar-refractivity contribution in [2.24, 2.45) is 0 Å². The normalized spacial score (nSPS) is 10.0. The lowest BCUT2D eigenvalue weighted by Gasteiger charge is -2.14. The van der Waals surface area contributed by atoms with Crippen molar-refractivity contribution >= 4 is 11.9 Å². The van der Waals surface area contributed by atoms with Crippen molar-refractivity contribution in [3.8, 4) is 0 Å². The van der Waals surface area contributed by atoms with Gasteiger partial charge in [-0.1, -0.05) is 12.8 Å². The van der Waals surface area contributed by atoms with E-state index in [-0.39, 0.29) is 12.3 Å². The number of carbonyl (C=O) groups excluding carboxylic acids is 1. The molecular formula is C10H20N2O3. The summed E-state index contributed by atoms with van der Waals surface area (Å²) in [6.07, 6.45) is 4.06. The maximum atomic E-state index is 11.3. The molecule has 0 fully saturated rings. The van der Waals surface area contributed by atoms with Gasteiger partial charge in [0, 0.05) is 26.9 Å². The summed E-state index contributed by atoms with van der Waals surface area (Å²) >= 11 is 0. The number of carboxylic acids is 1. The van der Waals surface area contributed by atoms with Crippen LogP contribution in [0.3, 0.4) is 0 Å². The van der Waals surface area contributed by atoms with Crippen molar-refractivity contribution in [1.29, 1.82) is 0 Å². The second-order valence-electron chi connectivity index (χ2n) is 3.48. The van der Waals surface area contributed by atoms with E-state index in [0.717, 1.165) is 19.3 Å². The summed E-state index contributed by atoms with van der Waals surface area (Å²) in [5.74, 6) is -0.684. The SMILES string of the molecule is CNN(C)C(=O)CCCCCCC(=O)O. The van der Waals surface area contributed by atoms with E-state index in [0.29, 0.717) is 12.8 Å². The van der Waals surface area contributed by atoms with Gasteiger partial charge in [0.2, 0.25) is 5.91 Å². The van der Waals surface area contributed by atoms with E-state index in [9.17, 15) is 9.59 Å². The van der Waals surface area contributed by atoms with Crippen LogP contribution in [0.5, 0.6) is 0 Å². The lowest BCUT2D eigenvalue weighted by molar-refractivity contribution is -0.137. The van der Waals surface area contributed by atoms with E-state index >= 15 is 0 Å². The molecule has 5 heteroatoms. The van der Waals surface area contributed by atoms with Crippen molar-refractivity contribution in [2.45, 2.75) is 38.5 Å². The summed E-state index contributed by atoms with van der Waals surface area (Å²) in [5, 5.41) is 9.85. The summed E-state index contributed by atoms with van der Waals surface area (Å²) in [6, 6.07) is 0. The second-order valence-corrected chi connectivity index (χ2v) is 3.48. The number of hydrogen-bond donors (Lipinski definition) is 2. The topological polar surface area (TPSA) is 69.6 Å². The molecule has 15 heavy (non-hydrogen) atoms. The Bertz CT molecular complexity index is 207. The third-order valence-corrected chi connectivity index (χ3v) is 2.24. The molecule has 0 atom stereocenters. The van der Waals surface area contributed by atoms with Gasteiger partial charge in [0.05, 0.1) is 0 Å². The largest absolute Gasteiger partial charge is 0.481 e. The average molecular weight is 216 g/mol. The van der Waals surface area contributed by atoms with Crippen molar-refractivity contribution < 1.29 is 14.7 Å². The van der Waals surface area contributed by atoms with Crippen LogP contribution in [0.15, 0.2) is 0 Å². The fraction of sp³-hybridized carbons (Fsp3) is 0.800. The summed E-state index contributed by atoms with van der Waals surface area (Å²) < 4.78 is 0. The summed E-state index contributed by atoms with van der Waals surface area (Å²) in [6.45, 7) is 0. The van der Waals surface area contributed by atoms with Crippen LogP contribution in [0.1, 0.15) is 38.5 Å². The van der Waals surface area contributed by atoms with Gasteiger partial charge >= 0.3 is 5.97 Å². The minimum atomic E-state index is -0.749. The molecular weight excluding hydrogens is 196 g/mol. The lowest BCUT2D eigenvalue weighted by atomic mass is 10.1. The van der Waals surface area contributed by atoms with Crippen LogP contribution < -0.4 is 5.43 Å². The van der Waals surface area contributed by atoms with E-state index < -0.39 is 5.97 Å². The second kappa shape index (κ2) is 8.23. The van der Waals surface area contributed by atoms with Crippen molar-refractivity contribution in [2.75, 3.05) is 14.1 Å². The van der Waals surface area contributed by atoms with Gasteiger partial charge in [0.25, 0.3) is 0 Å². The maximum Gasteiger partial charge on any atom is 0.303 e. The first-order valence-electron chi connectivity index (χ1n) is 5.23. The van der Waals surface area contributed by atoms with E-state index in [2.05, 4.69) is 5.43 Å². The third-order valence-electron chi connectivity index (χ3n) is 2.24. The Morgan fingerprint density at radius 3 is 2.13 bits per heavy atom. The molecule has 0 aliphatic heterocycles. The highest BCUT2D eigenvalue weighted by molar-refractivity contribution is 5.75. The molecule has 0 rings (SSSR count). The molecule has 0 aromatic heterocycles. The smallest absolute Gasteiger partial charge is 0.303 e. The Hall–Kier alpha value is -1.10. The molecule has 0 heterocycles. The van der Waals surface area contributed by atoms with Crippen LogP contribution in [0.25, 0.3) is 0 Å². The molecule has 2 N–H and O–H groups in total. The zero-order valence-electron chi connectivity index (χ0n) is 9.45. The Kier molecular flexibility index (Phi) is 7.62. The fourth-order valence-electron chi connectivity index (χ4n) is 1.20. The molecule has 0 aromatic carbocycles. The predicted molar refractivity (Wildman–Crippen MR) is 57.2 cm³/mol. The molecule has 0 radical (unpaired) electrons. The van der Waals surface area contributed by atoms with Crippen LogP contribution in [-0.4, -0.2) is 36.1 Å². The first kappa shape index (κ1) is 13.9. The minimum Gasteiger partial charge on any atom is -0.481 e. The lowest BCUT2D eigenvalue weighted by Crippen LogP contribution is -2.36. The Morgan fingerprint density at radius 1 is 1.13 bits per heavy atom. The van der Waals surface area contributed by atoms with Gasteiger partial charge in [-0.25, -0.2) is 5.43 Å². The van der Waals surface area contributed by atoms with Gasteiger partial charge in [0.15, 0.2) is 0 Å². The monoisotopic (exact) mass is 216 g/mol. The van der Waals surface area contributed by atoms with Gasteiger partial charge in [-0.15, -0.1) is 0 Å². The molecule has 0 spiro atoms. The van der Waals surface area contributed by atoms with Crippen LogP contribution in [0, 0.1) is 0 Å². The highest BCUT2D eigenvalue weighted by Gasteiger charge is 2.05. The van der Waals surface area contributed by atoms with E-state index in [1.807, 2.05) is 0 Å². The Morgan fingerprint density at radius 2 is 1.67 bits per heavy atom. The number of hydrazine groups is 1. The quantitative estimate of drug-likeness (QED) is 0.469. The van der Waals surface area contributed by atoms with Gasteiger partial charge in [0.1, 0.15) is 0 Å². The van der Waals surface area contributed by atoms with Gasteiger partial charge < -0.3 is 5.11 Å². The fourth-order valence-corrected chi connectivity index (χ4v) is 1.20. The van der Waals surface area contributed by atoms with E-state index in [1.165, 1.54) is 5.01 Å². The number of unbranched alkanes of at least 4 members (excludes halogenated alkanes) is 3. The molecule has 5 nitrogen and oxygen atoms in total. The summed E-state index contributed by atoms with van der Waals surface area (Å²) in [4.78, 5) is 21.5. The molecule has 0 aliphatic rings. The van der Waals surface area contributed by atoms with Crippen molar-refractivity contribution in [3.05, 3.63) is 0 Å². The molecule has 88 valence electrons. The molecule has 0 saturated carbocycles. The number of nitrogens with zero attached hydrogens (tertiary/aromatic N) is 1. The number of rotatable bonds is 8. The number of amides is 1. The molecule has 0 saturated heterocycles. The highest BCUT2D eigenvalue weighted by atomic mass is 16.4. The van der Waals surface area contributed by atoms with Gasteiger partial charge in [-0.2, -0.15) is 0 Å². The van der Waals surface area contributed by atoms with Gasteiger partial charge in [-0.05, 0) is 12.8 Å². The minimum absolute atomic E-state index is 0.0655. The standard InChI is InChI=1S/C10H20N2O3/c1-11-12(2)9(13)7-5-3-4-6-8-10(14)15/h11H,3-8H2,1-2H3,(H,14,15). The van der Waals surface area contributed by atoms with Crippen LogP contribution in [0.4, 0.5) is 0 Å². The molecule has 0 bridgehead atoms. The number of hydrogen-bond acceptors (Lipinski definition) is 3. The molecule has 0 aliphatic carbocycles. The van der Waals surface area contributed by atoms with Crippen molar-refractivity contribution in [1.82, 2.24) is 10.4 Å². The van der Waals surface area contributed by atoms with E-state index in [1.54, 1.807) is 14.1 Å². The molecule has 1 amide bonds. The Balaban J connectivity index is 3.31. The van der Waals surface area contributed by atoms with E-state index in [4.69, 9.17) is 5.11 Å². The average Bonchev–Trinajstić information content (AvgIpc) is 2.21.